The van der Waals surface area contributed by atoms with Crippen LogP contribution in [0.15, 0.2) is 35.0 Å². The zero-order valence-electron chi connectivity index (χ0n) is 12.0. The molecule has 0 bridgehead atoms. The molecule has 1 aliphatic rings. The van der Waals surface area contributed by atoms with Crippen molar-refractivity contribution in [3.8, 4) is 0 Å². The molecule has 1 fully saturated rings. The van der Waals surface area contributed by atoms with Crippen LogP contribution in [0.5, 0.6) is 0 Å². The second kappa shape index (κ2) is 7.20. The van der Waals surface area contributed by atoms with E-state index in [9.17, 15) is 4.79 Å². The fraction of sp³-hybridized carbons (Fsp3) is 0.438. The van der Waals surface area contributed by atoms with Crippen LogP contribution >= 0.6 is 22.7 Å². The Morgan fingerprint density at radius 3 is 2.57 bits per heavy atom. The predicted molar refractivity (Wildman–Crippen MR) is 89.1 cm³/mol. The summed E-state index contributed by atoms with van der Waals surface area (Å²) in [4.78, 5) is 16.8. The maximum absolute atomic E-state index is 12.1. The Morgan fingerprint density at radius 1 is 1.14 bits per heavy atom. The normalized spacial score (nSPS) is 17.5. The second-order valence-electron chi connectivity index (χ2n) is 5.32. The molecule has 1 unspecified atom stereocenters. The van der Waals surface area contributed by atoms with E-state index in [2.05, 4.69) is 27.7 Å². The summed E-state index contributed by atoms with van der Waals surface area (Å²) in [7, 11) is 0. The molecule has 3 heterocycles. The minimum Gasteiger partial charge on any atom is -0.349 e. The minimum absolute atomic E-state index is 0.0450. The van der Waals surface area contributed by atoms with Crippen molar-refractivity contribution in [2.24, 2.45) is 0 Å². The minimum atomic E-state index is 0.0450. The Labute approximate surface area is 133 Å². The number of hydrogen-bond donors (Lipinski definition) is 1. The molecule has 0 aromatic carbocycles. The van der Waals surface area contributed by atoms with Gasteiger partial charge in [-0.25, -0.2) is 0 Å². The van der Waals surface area contributed by atoms with Gasteiger partial charge in [0.1, 0.15) is 0 Å². The van der Waals surface area contributed by atoms with E-state index >= 15 is 0 Å². The van der Waals surface area contributed by atoms with Crippen LogP contribution in [0.2, 0.25) is 0 Å². The summed E-state index contributed by atoms with van der Waals surface area (Å²) in [5, 5.41) is 7.17. The molecule has 0 saturated carbocycles. The van der Waals surface area contributed by atoms with Gasteiger partial charge < -0.3 is 5.32 Å². The highest BCUT2D eigenvalue weighted by atomic mass is 32.1. The third-order valence-corrected chi connectivity index (χ3v) is 5.75. The smallest absolute Gasteiger partial charge is 0.261 e. The number of rotatable bonds is 5. The average Bonchev–Trinajstić information content (AvgIpc) is 3.22. The molecule has 21 heavy (non-hydrogen) atoms. The quantitative estimate of drug-likeness (QED) is 0.909. The van der Waals surface area contributed by atoms with Gasteiger partial charge in [-0.3, -0.25) is 9.69 Å². The van der Waals surface area contributed by atoms with E-state index in [1.165, 1.54) is 35.5 Å². The van der Waals surface area contributed by atoms with Crippen molar-refractivity contribution in [3.63, 3.8) is 0 Å². The van der Waals surface area contributed by atoms with Gasteiger partial charge in [0, 0.05) is 11.4 Å². The molecular formula is C16H20N2OS2. The van der Waals surface area contributed by atoms with Crippen molar-refractivity contribution in [2.75, 3.05) is 19.6 Å². The van der Waals surface area contributed by atoms with Crippen LogP contribution in [0.25, 0.3) is 0 Å². The lowest BCUT2D eigenvalue weighted by atomic mass is 10.1. The number of amides is 1. The molecule has 3 rings (SSSR count). The van der Waals surface area contributed by atoms with Gasteiger partial charge in [0.2, 0.25) is 0 Å². The molecule has 2 aromatic heterocycles. The predicted octanol–water partition coefficient (Wildman–Crippen LogP) is 3.77. The fourth-order valence-corrected chi connectivity index (χ4v) is 4.31. The number of carbonyl (C=O) groups excluding carboxylic acids is 1. The summed E-state index contributed by atoms with van der Waals surface area (Å²) >= 11 is 3.28. The van der Waals surface area contributed by atoms with Gasteiger partial charge in [-0.05, 0) is 48.8 Å². The van der Waals surface area contributed by atoms with E-state index in [4.69, 9.17) is 0 Å². The third-order valence-electron chi connectivity index (χ3n) is 3.90. The third kappa shape index (κ3) is 3.73. The SMILES string of the molecule is O=C(NCC(c1cccs1)N1CCCCC1)c1cccs1. The molecule has 1 aliphatic heterocycles. The summed E-state index contributed by atoms with van der Waals surface area (Å²) in [5.41, 5.74) is 0. The molecule has 0 aliphatic carbocycles. The Bertz CT molecular complexity index is 545. The van der Waals surface area contributed by atoms with E-state index in [0.717, 1.165) is 18.0 Å². The maximum atomic E-state index is 12.1. The first kappa shape index (κ1) is 14.8. The van der Waals surface area contributed by atoms with Gasteiger partial charge in [0.05, 0.1) is 10.9 Å². The van der Waals surface area contributed by atoms with Gasteiger partial charge >= 0.3 is 0 Å². The topological polar surface area (TPSA) is 32.3 Å². The van der Waals surface area contributed by atoms with E-state index < -0.39 is 0 Å². The van der Waals surface area contributed by atoms with E-state index in [0.29, 0.717) is 12.6 Å². The molecule has 1 amide bonds. The number of likely N-dealkylation sites (tertiary alicyclic amines) is 1. The standard InChI is InChI=1S/C16H20N2OS2/c19-16(15-7-5-11-21-15)17-12-13(14-6-4-10-20-14)18-8-2-1-3-9-18/h4-7,10-11,13H,1-3,8-9,12H2,(H,17,19). The first-order valence-electron chi connectivity index (χ1n) is 7.44. The van der Waals surface area contributed by atoms with Gasteiger partial charge in [-0.15, -0.1) is 22.7 Å². The van der Waals surface area contributed by atoms with Gasteiger partial charge in [-0.1, -0.05) is 18.6 Å². The number of hydrogen-bond acceptors (Lipinski definition) is 4. The molecule has 1 atom stereocenters. The zero-order chi connectivity index (χ0) is 14.5. The second-order valence-corrected chi connectivity index (χ2v) is 7.24. The molecular weight excluding hydrogens is 300 g/mol. The highest BCUT2D eigenvalue weighted by molar-refractivity contribution is 7.12. The van der Waals surface area contributed by atoms with E-state index in [-0.39, 0.29) is 5.91 Å². The van der Waals surface area contributed by atoms with Crippen LogP contribution in [-0.2, 0) is 0 Å². The van der Waals surface area contributed by atoms with Gasteiger partial charge in [-0.2, -0.15) is 0 Å². The van der Waals surface area contributed by atoms with Crippen LogP contribution in [0.1, 0.15) is 39.9 Å². The Kier molecular flexibility index (Phi) is 5.06. The summed E-state index contributed by atoms with van der Waals surface area (Å²) < 4.78 is 0. The molecule has 2 aromatic rings. The molecule has 112 valence electrons. The van der Waals surface area contributed by atoms with Crippen molar-refractivity contribution in [2.45, 2.75) is 25.3 Å². The average molecular weight is 320 g/mol. The highest BCUT2D eigenvalue weighted by Crippen LogP contribution is 2.27. The summed E-state index contributed by atoms with van der Waals surface area (Å²) in [5.74, 6) is 0.0450. The van der Waals surface area contributed by atoms with Crippen LogP contribution in [0, 0.1) is 0 Å². The lowest BCUT2D eigenvalue weighted by molar-refractivity contribution is 0.0929. The molecule has 1 saturated heterocycles. The first-order chi connectivity index (χ1) is 10.3. The number of piperidine rings is 1. The molecule has 5 heteroatoms. The van der Waals surface area contributed by atoms with E-state index in [1.54, 1.807) is 11.3 Å². The van der Waals surface area contributed by atoms with Crippen molar-refractivity contribution in [3.05, 3.63) is 44.8 Å². The maximum Gasteiger partial charge on any atom is 0.261 e. The molecule has 0 spiro atoms. The van der Waals surface area contributed by atoms with Crippen molar-refractivity contribution in [1.29, 1.82) is 0 Å². The first-order valence-corrected chi connectivity index (χ1v) is 9.19. The lowest BCUT2D eigenvalue weighted by Gasteiger charge is -2.34. The van der Waals surface area contributed by atoms with Gasteiger partial charge in [0.15, 0.2) is 0 Å². The Morgan fingerprint density at radius 2 is 1.90 bits per heavy atom. The number of thiophene rings is 2. The van der Waals surface area contributed by atoms with Gasteiger partial charge in [0.25, 0.3) is 5.91 Å². The molecule has 3 nitrogen and oxygen atoms in total. The Hall–Kier alpha value is -1.17. The Balaban J connectivity index is 1.66. The largest absolute Gasteiger partial charge is 0.349 e. The molecule has 0 radical (unpaired) electrons. The summed E-state index contributed by atoms with van der Waals surface area (Å²) in [6.07, 6.45) is 3.86. The number of nitrogens with one attached hydrogen (secondary N) is 1. The van der Waals surface area contributed by atoms with Crippen LogP contribution < -0.4 is 5.32 Å². The lowest BCUT2D eigenvalue weighted by Crippen LogP contribution is -2.40. The number of nitrogens with zero attached hydrogens (tertiary/aromatic N) is 1. The van der Waals surface area contributed by atoms with Crippen LogP contribution in [-0.4, -0.2) is 30.4 Å². The van der Waals surface area contributed by atoms with Crippen LogP contribution in [0.3, 0.4) is 0 Å². The molecule has 1 N–H and O–H groups in total. The van der Waals surface area contributed by atoms with Crippen molar-refractivity contribution in [1.82, 2.24) is 10.2 Å². The zero-order valence-corrected chi connectivity index (χ0v) is 13.6. The van der Waals surface area contributed by atoms with E-state index in [1.807, 2.05) is 17.5 Å². The highest BCUT2D eigenvalue weighted by Gasteiger charge is 2.23. The number of carbonyl (C=O) groups is 1. The van der Waals surface area contributed by atoms with Crippen molar-refractivity contribution < 1.29 is 4.79 Å². The van der Waals surface area contributed by atoms with Crippen LogP contribution in [0.4, 0.5) is 0 Å². The monoisotopic (exact) mass is 320 g/mol. The summed E-state index contributed by atoms with van der Waals surface area (Å²) in [6.45, 7) is 2.96. The van der Waals surface area contributed by atoms with Crippen molar-refractivity contribution >= 4 is 28.6 Å². The fourth-order valence-electron chi connectivity index (χ4n) is 2.80. The summed E-state index contributed by atoms with van der Waals surface area (Å²) in [6, 6.07) is 8.38.